The molecule has 0 spiro atoms. The van der Waals surface area contributed by atoms with Crippen LogP contribution in [0.3, 0.4) is 0 Å². The highest BCUT2D eigenvalue weighted by molar-refractivity contribution is 5.78. The zero-order valence-corrected chi connectivity index (χ0v) is 16.9. The summed E-state index contributed by atoms with van der Waals surface area (Å²) in [5, 5.41) is 3.12. The minimum atomic E-state index is 0.143. The SMILES string of the molecule is COc1ccccc1/C=C/CN1CCC(CNC(=O)CN2CCOCC2)CC1. The number of hydrogen-bond donors (Lipinski definition) is 1. The van der Waals surface area contributed by atoms with E-state index in [4.69, 9.17) is 9.47 Å². The quantitative estimate of drug-likeness (QED) is 0.738. The van der Waals surface area contributed by atoms with Crippen molar-refractivity contribution in [2.24, 2.45) is 5.92 Å². The lowest BCUT2D eigenvalue weighted by Crippen LogP contribution is -2.45. The average Bonchev–Trinajstić information content (AvgIpc) is 2.74. The van der Waals surface area contributed by atoms with E-state index in [9.17, 15) is 4.79 Å². The van der Waals surface area contributed by atoms with Crippen LogP contribution in [0.15, 0.2) is 30.3 Å². The van der Waals surface area contributed by atoms with Gasteiger partial charge in [0.2, 0.25) is 5.91 Å². The van der Waals surface area contributed by atoms with Gasteiger partial charge < -0.3 is 14.8 Å². The molecule has 2 heterocycles. The maximum absolute atomic E-state index is 12.1. The third-order valence-corrected chi connectivity index (χ3v) is 5.57. The molecule has 6 nitrogen and oxygen atoms in total. The van der Waals surface area contributed by atoms with E-state index in [1.54, 1.807) is 7.11 Å². The Kier molecular flexibility index (Phi) is 8.33. The lowest BCUT2D eigenvalue weighted by atomic mass is 9.97. The molecule has 154 valence electrons. The maximum atomic E-state index is 12.1. The van der Waals surface area contributed by atoms with Crippen molar-refractivity contribution in [3.05, 3.63) is 35.9 Å². The Bertz CT molecular complexity index is 636. The number of nitrogens with one attached hydrogen (secondary N) is 1. The largest absolute Gasteiger partial charge is 0.496 e. The van der Waals surface area contributed by atoms with Gasteiger partial charge in [-0.05, 0) is 37.9 Å². The van der Waals surface area contributed by atoms with Gasteiger partial charge in [-0.2, -0.15) is 0 Å². The molecule has 0 bridgehead atoms. The van der Waals surface area contributed by atoms with Crippen molar-refractivity contribution in [2.45, 2.75) is 12.8 Å². The first-order chi connectivity index (χ1) is 13.7. The average molecular weight is 388 g/mol. The van der Waals surface area contributed by atoms with Gasteiger partial charge in [0, 0.05) is 31.7 Å². The Morgan fingerprint density at radius 3 is 2.68 bits per heavy atom. The van der Waals surface area contributed by atoms with Gasteiger partial charge in [-0.3, -0.25) is 14.6 Å². The highest BCUT2D eigenvalue weighted by atomic mass is 16.5. The van der Waals surface area contributed by atoms with E-state index in [0.29, 0.717) is 12.5 Å². The molecule has 6 heteroatoms. The summed E-state index contributed by atoms with van der Waals surface area (Å²) in [5.74, 6) is 1.64. The van der Waals surface area contributed by atoms with Gasteiger partial charge in [0.1, 0.15) is 5.75 Å². The Balaban J connectivity index is 1.32. The number of carbonyl (C=O) groups excluding carboxylic acids is 1. The van der Waals surface area contributed by atoms with Gasteiger partial charge in [0.25, 0.3) is 0 Å². The molecule has 28 heavy (non-hydrogen) atoms. The Labute approximate surface area is 168 Å². The highest BCUT2D eigenvalue weighted by Gasteiger charge is 2.20. The number of morpholine rings is 1. The van der Waals surface area contributed by atoms with Crippen molar-refractivity contribution in [3.8, 4) is 5.75 Å². The molecule has 2 saturated heterocycles. The third kappa shape index (κ3) is 6.62. The highest BCUT2D eigenvalue weighted by Crippen LogP contribution is 2.19. The fraction of sp³-hybridized carbons (Fsp3) is 0.591. The monoisotopic (exact) mass is 387 g/mol. The molecule has 0 atom stereocenters. The second-order valence-electron chi connectivity index (χ2n) is 7.58. The number of para-hydroxylation sites is 1. The lowest BCUT2D eigenvalue weighted by Gasteiger charge is -2.31. The van der Waals surface area contributed by atoms with Crippen LogP contribution in [0, 0.1) is 5.92 Å². The molecule has 0 unspecified atom stereocenters. The van der Waals surface area contributed by atoms with Crippen molar-refractivity contribution in [1.29, 1.82) is 0 Å². The molecule has 0 radical (unpaired) electrons. The molecule has 3 rings (SSSR count). The topological polar surface area (TPSA) is 54.0 Å². The number of benzene rings is 1. The smallest absolute Gasteiger partial charge is 0.234 e. The Morgan fingerprint density at radius 2 is 1.93 bits per heavy atom. The number of nitrogens with zero attached hydrogens (tertiary/aromatic N) is 2. The van der Waals surface area contributed by atoms with Gasteiger partial charge in [0.15, 0.2) is 0 Å². The minimum absolute atomic E-state index is 0.143. The number of amides is 1. The van der Waals surface area contributed by atoms with Crippen LogP contribution in [-0.2, 0) is 9.53 Å². The first kappa shape index (κ1) is 20.8. The third-order valence-electron chi connectivity index (χ3n) is 5.57. The molecule has 0 saturated carbocycles. The lowest BCUT2D eigenvalue weighted by molar-refractivity contribution is -0.123. The molecule has 2 fully saturated rings. The van der Waals surface area contributed by atoms with E-state index < -0.39 is 0 Å². The second-order valence-corrected chi connectivity index (χ2v) is 7.58. The molecule has 0 aliphatic carbocycles. The number of hydrogen-bond acceptors (Lipinski definition) is 5. The number of likely N-dealkylation sites (tertiary alicyclic amines) is 1. The maximum Gasteiger partial charge on any atom is 0.234 e. The zero-order valence-electron chi connectivity index (χ0n) is 16.9. The molecule has 1 aromatic carbocycles. The summed E-state index contributed by atoms with van der Waals surface area (Å²) in [6.45, 7) is 7.59. The van der Waals surface area contributed by atoms with Crippen LogP contribution < -0.4 is 10.1 Å². The van der Waals surface area contributed by atoms with Gasteiger partial charge in [-0.15, -0.1) is 0 Å². The van der Waals surface area contributed by atoms with Crippen LogP contribution in [0.25, 0.3) is 6.08 Å². The number of piperidine rings is 1. The van der Waals surface area contributed by atoms with Crippen LogP contribution in [-0.4, -0.2) is 81.8 Å². The van der Waals surface area contributed by atoms with Crippen molar-refractivity contribution in [2.75, 3.05) is 66.1 Å². The number of rotatable bonds is 8. The molecular formula is C22H33N3O3. The molecule has 1 amide bonds. The van der Waals surface area contributed by atoms with E-state index in [0.717, 1.165) is 76.6 Å². The van der Waals surface area contributed by atoms with E-state index in [1.807, 2.05) is 18.2 Å². The summed E-state index contributed by atoms with van der Waals surface area (Å²) in [7, 11) is 1.71. The summed E-state index contributed by atoms with van der Waals surface area (Å²) in [5.41, 5.74) is 1.11. The summed E-state index contributed by atoms with van der Waals surface area (Å²) < 4.78 is 10.7. The van der Waals surface area contributed by atoms with E-state index in [1.165, 1.54) is 0 Å². The first-order valence-corrected chi connectivity index (χ1v) is 10.3. The Hall–Kier alpha value is -1.89. The molecule has 1 N–H and O–H groups in total. The second kappa shape index (κ2) is 11.2. The van der Waals surface area contributed by atoms with Crippen LogP contribution in [0.5, 0.6) is 5.75 Å². The van der Waals surface area contributed by atoms with Crippen molar-refractivity contribution in [1.82, 2.24) is 15.1 Å². The predicted octanol–water partition coefficient (Wildman–Crippen LogP) is 1.87. The normalized spacial score (nSPS) is 19.8. The summed E-state index contributed by atoms with van der Waals surface area (Å²) in [4.78, 5) is 16.8. The van der Waals surface area contributed by atoms with Gasteiger partial charge in [-0.1, -0.05) is 30.4 Å². The fourth-order valence-electron chi connectivity index (χ4n) is 3.78. The van der Waals surface area contributed by atoms with E-state index in [2.05, 4.69) is 33.3 Å². The number of ether oxygens (including phenoxy) is 2. The van der Waals surface area contributed by atoms with Crippen molar-refractivity contribution in [3.63, 3.8) is 0 Å². The number of carbonyl (C=O) groups is 1. The van der Waals surface area contributed by atoms with Crippen LogP contribution >= 0.6 is 0 Å². The van der Waals surface area contributed by atoms with Gasteiger partial charge >= 0.3 is 0 Å². The molecule has 2 aliphatic heterocycles. The summed E-state index contributed by atoms with van der Waals surface area (Å²) >= 11 is 0. The fourth-order valence-corrected chi connectivity index (χ4v) is 3.78. The predicted molar refractivity (Wildman–Crippen MR) is 111 cm³/mol. The van der Waals surface area contributed by atoms with Gasteiger partial charge in [-0.25, -0.2) is 0 Å². The molecule has 2 aliphatic rings. The number of methoxy groups -OCH3 is 1. The van der Waals surface area contributed by atoms with Crippen molar-refractivity contribution >= 4 is 12.0 Å². The van der Waals surface area contributed by atoms with Crippen LogP contribution in [0.1, 0.15) is 18.4 Å². The van der Waals surface area contributed by atoms with Crippen LogP contribution in [0.4, 0.5) is 0 Å². The van der Waals surface area contributed by atoms with Crippen molar-refractivity contribution < 1.29 is 14.3 Å². The standard InChI is InChI=1S/C22H33N3O3/c1-27-21-7-3-2-5-20(21)6-4-10-24-11-8-19(9-12-24)17-23-22(26)18-25-13-15-28-16-14-25/h2-7,19H,8-18H2,1H3,(H,23,26)/b6-4+. The zero-order chi connectivity index (χ0) is 19.6. The minimum Gasteiger partial charge on any atom is -0.496 e. The molecular weight excluding hydrogens is 354 g/mol. The summed E-state index contributed by atoms with van der Waals surface area (Å²) in [6, 6.07) is 8.07. The first-order valence-electron chi connectivity index (χ1n) is 10.3. The van der Waals surface area contributed by atoms with E-state index >= 15 is 0 Å². The Morgan fingerprint density at radius 1 is 1.18 bits per heavy atom. The van der Waals surface area contributed by atoms with E-state index in [-0.39, 0.29) is 5.91 Å². The molecule has 0 aromatic heterocycles. The molecule has 1 aromatic rings. The van der Waals surface area contributed by atoms with Crippen LogP contribution in [0.2, 0.25) is 0 Å². The summed E-state index contributed by atoms with van der Waals surface area (Å²) in [6.07, 6.45) is 6.62. The van der Waals surface area contributed by atoms with Gasteiger partial charge in [0.05, 0.1) is 26.9 Å².